The van der Waals surface area contributed by atoms with Crippen LogP contribution in [0.15, 0.2) is 28.7 Å². The van der Waals surface area contributed by atoms with E-state index in [-0.39, 0.29) is 11.9 Å². The van der Waals surface area contributed by atoms with Crippen LogP contribution in [0.2, 0.25) is 0 Å². The first-order chi connectivity index (χ1) is 9.47. The van der Waals surface area contributed by atoms with E-state index >= 15 is 0 Å². The Bertz CT molecular complexity index is 690. The average molecular weight is 272 g/mol. The highest BCUT2D eigenvalue weighted by Gasteiger charge is 2.30. The van der Waals surface area contributed by atoms with Crippen LogP contribution in [0.5, 0.6) is 0 Å². The molecule has 1 aliphatic rings. The third kappa shape index (κ3) is 1.92. The summed E-state index contributed by atoms with van der Waals surface area (Å²) in [6.45, 7) is 6.54. The highest BCUT2D eigenvalue weighted by atomic mass is 19.1. The van der Waals surface area contributed by atoms with Crippen molar-refractivity contribution < 1.29 is 8.81 Å². The minimum Gasteiger partial charge on any atom is -0.466 e. The number of furan rings is 1. The molecule has 0 radical (unpaired) electrons. The van der Waals surface area contributed by atoms with Crippen molar-refractivity contribution in [1.82, 2.24) is 4.90 Å². The van der Waals surface area contributed by atoms with Gasteiger partial charge in [0, 0.05) is 17.7 Å². The molecule has 0 spiro atoms. The van der Waals surface area contributed by atoms with Gasteiger partial charge in [-0.3, -0.25) is 5.41 Å². The number of hydrogen-bond acceptors (Lipinski definition) is 2. The lowest BCUT2D eigenvalue weighted by molar-refractivity contribution is 0.337. The number of aryl methyl sites for hydroxylation is 2. The van der Waals surface area contributed by atoms with Crippen LogP contribution in [0, 0.1) is 25.1 Å². The number of amidine groups is 1. The third-order valence-corrected chi connectivity index (χ3v) is 3.95. The van der Waals surface area contributed by atoms with Crippen LogP contribution in [-0.2, 0) is 6.54 Å². The quantitative estimate of drug-likeness (QED) is 0.899. The Morgan fingerprint density at radius 3 is 2.70 bits per heavy atom. The molecule has 1 N–H and O–H groups in total. The van der Waals surface area contributed by atoms with Gasteiger partial charge in [0.15, 0.2) is 0 Å². The predicted molar refractivity (Wildman–Crippen MR) is 75.4 cm³/mol. The van der Waals surface area contributed by atoms with Crippen LogP contribution in [0.3, 0.4) is 0 Å². The molecule has 2 aromatic rings. The number of nitrogens with one attached hydrogen (secondary N) is 1. The van der Waals surface area contributed by atoms with Crippen molar-refractivity contribution in [3.8, 4) is 0 Å². The largest absolute Gasteiger partial charge is 0.466 e. The maximum absolute atomic E-state index is 13.3. The molecule has 104 valence electrons. The van der Waals surface area contributed by atoms with Gasteiger partial charge in [0.1, 0.15) is 23.2 Å². The van der Waals surface area contributed by atoms with Crippen LogP contribution in [-0.4, -0.2) is 10.7 Å². The highest BCUT2D eigenvalue weighted by Crippen LogP contribution is 2.33. The van der Waals surface area contributed by atoms with Crippen molar-refractivity contribution in [3.63, 3.8) is 0 Å². The van der Waals surface area contributed by atoms with Crippen LogP contribution < -0.4 is 0 Å². The number of nitrogens with zero attached hydrogens (tertiary/aromatic N) is 1. The van der Waals surface area contributed by atoms with Gasteiger partial charge < -0.3 is 9.32 Å². The summed E-state index contributed by atoms with van der Waals surface area (Å²) in [5.41, 5.74) is 2.77. The van der Waals surface area contributed by atoms with Gasteiger partial charge in [-0.1, -0.05) is 6.07 Å². The van der Waals surface area contributed by atoms with Gasteiger partial charge in [-0.25, -0.2) is 4.39 Å². The van der Waals surface area contributed by atoms with E-state index in [0.717, 1.165) is 22.6 Å². The zero-order valence-corrected chi connectivity index (χ0v) is 11.8. The Balaban J connectivity index is 1.94. The maximum atomic E-state index is 13.3. The number of rotatable bonds is 2. The van der Waals surface area contributed by atoms with E-state index in [0.29, 0.717) is 17.9 Å². The third-order valence-electron chi connectivity index (χ3n) is 3.95. The summed E-state index contributed by atoms with van der Waals surface area (Å²) < 4.78 is 18.9. The Labute approximate surface area is 117 Å². The van der Waals surface area contributed by atoms with Gasteiger partial charge in [-0.05, 0) is 44.5 Å². The van der Waals surface area contributed by atoms with E-state index in [4.69, 9.17) is 9.83 Å². The van der Waals surface area contributed by atoms with E-state index < -0.39 is 0 Å². The van der Waals surface area contributed by atoms with E-state index in [1.165, 1.54) is 12.1 Å². The van der Waals surface area contributed by atoms with Crippen molar-refractivity contribution >= 4 is 5.84 Å². The van der Waals surface area contributed by atoms with Crippen LogP contribution in [0.4, 0.5) is 4.39 Å². The Morgan fingerprint density at radius 2 is 2.05 bits per heavy atom. The number of hydrogen-bond donors (Lipinski definition) is 1. The monoisotopic (exact) mass is 272 g/mol. The summed E-state index contributed by atoms with van der Waals surface area (Å²) in [5, 5.41) is 8.27. The summed E-state index contributed by atoms with van der Waals surface area (Å²) in [4.78, 5) is 1.97. The van der Waals surface area contributed by atoms with E-state index in [2.05, 4.69) is 0 Å². The smallest absolute Gasteiger partial charge is 0.129 e. The van der Waals surface area contributed by atoms with Crippen molar-refractivity contribution in [3.05, 3.63) is 58.3 Å². The second-order valence-electron chi connectivity index (χ2n) is 5.32. The van der Waals surface area contributed by atoms with E-state index in [1.807, 2.05) is 31.7 Å². The summed E-state index contributed by atoms with van der Waals surface area (Å²) in [5.74, 6) is 1.84. The molecule has 1 aromatic carbocycles. The molecule has 0 saturated heterocycles. The van der Waals surface area contributed by atoms with Crippen molar-refractivity contribution in [1.29, 1.82) is 5.41 Å². The van der Waals surface area contributed by atoms with Gasteiger partial charge in [-0.15, -0.1) is 0 Å². The standard InChI is InChI=1S/C16H17FN2O/c1-9-6-14(11(3)20-9)10(2)19-8-12-4-5-13(17)7-15(12)16(19)18/h4-7,10,18H,8H2,1-3H3. The lowest BCUT2D eigenvalue weighted by Crippen LogP contribution is -2.27. The van der Waals surface area contributed by atoms with E-state index in [1.54, 1.807) is 6.07 Å². The van der Waals surface area contributed by atoms with Gasteiger partial charge in [0.2, 0.25) is 0 Å². The van der Waals surface area contributed by atoms with Gasteiger partial charge >= 0.3 is 0 Å². The molecule has 2 heterocycles. The van der Waals surface area contributed by atoms with E-state index in [9.17, 15) is 4.39 Å². The molecule has 3 nitrogen and oxygen atoms in total. The van der Waals surface area contributed by atoms with Crippen molar-refractivity contribution in [2.24, 2.45) is 0 Å². The molecule has 0 saturated carbocycles. The summed E-state index contributed by atoms with van der Waals surface area (Å²) in [6.07, 6.45) is 0. The summed E-state index contributed by atoms with van der Waals surface area (Å²) >= 11 is 0. The second kappa shape index (κ2) is 4.47. The molecule has 0 fully saturated rings. The molecule has 1 aromatic heterocycles. The summed E-state index contributed by atoms with van der Waals surface area (Å²) in [7, 11) is 0. The predicted octanol–water partition coefficient (Wildman–Crippen LogP) is 3.94. The second-order valence-corrected chi connectivity index (χ2v) is 5.32. The minimum atomic E-state index is -0.293. The molecule has 1 aliphatic heterocycles. The molecule has 1 unspecified atom stereocenters. The fraction of sp³-hybridized carbons (Fsp3) is 0.312. The van der Waals surface area contributed by atoms with Gasteiger partial charge in [-0.2, -0.15) is 0 Å². The lowest BCUT2D eigenvalue weighted by Gasteiger charge is -2.25. The first-order valence-corrected chi connectivity index (χ1v) is 6.68. The fourth-order valence-electron chi connectivity index (χ4n) is 2.89. The van der Waals surface area contributed by atoms with Crippen molar-refractivity contribution in [2.45, 2.75) is 33.4 Å². The molecule has 1 atom stereocenters. The first kappa shape index (κ1) is 12.9. The topological polar surface area (TPSA) is 40.2 Å². The Hall–Kier alpha value is -2.10. The van der Waals surface area contributed by atoms with Crippen LogP contribution in [0.25, 0.3) is 0 Å². The fourth-order valence-corrected chi connectivity index (χ4v) is 2.89. The molecular weight excluding hydrogens is 255 g/mol. The van der Waals surface area contributed by atoms with Gasteiger partial charge in [0.05, 0.1) is 6.04 Å². The van der Waals surface area contributed by atoms with Crippen LogP contribution in [0.1, 0.15) is 41.2 Å². The lowest BCUT2D eigenvalue weighted by atomic mass is 10.1. The molecule has 0 bridgehead atoms. The van der Waals surface area contributed by atoms with Crippen LogP contribution >= 0.6 is 0 Å². The summed E-state index contributed by atoms with van der Waals surface area (Å²) in [6, 6.07) is 6.71. The molecule has 0 aliphatic carbocycles. The zero-order valence-electron chi connectivity index (χ0n) is 11.8. The molecule has 0 amide bonds. The Morgan fingerprint density at radius 1 is 1.30 bits per heavy atom. The zero-order chi connectivity index (χ0) is 14.4. The number of halogens is 1. The molecule has 3 rings (SSSR count). The number of benzene rings is 1. The maximum Gasteiger partial charge on any atom is 0.129 e. The van der Waals surface area contributed by atoms with Crippen molar-refractivity contribution in [2.75, 3.05) is 0 Å². The van der Waals surface area contributed by atoms with Gasteiger partial charge in [0.25, 0.3) is 0 Å². The molecule has 20 heavy (non-hydrogen) atoms. The molecule has 4 heteroatoms. The Kier molecular flexibility index (Phi) is 2.89. The first-order valence-electron chi connectivity index (χ1n) is 6.68. The molecular formula is C16H17FN2O. The SMILES string of the molecule is Cc1cc(C(C)N2Cc3ccc(F)cc3C2=N)c(C)o1. The average Bonchev–Trinajstić information content (AvgIpc) is 2.90. The normalized spacial score (nSPS) is 15.6. The highest BCUT2D eigenvalue weighted by molar-refractivity contribution is 6.00. The number of fused-ring (bicyclic) bond motifs is 1. The minimum absolute atomic E-state index is 0.0374.